The van der Waals surface area contributed by atoms with Crippen LogP contribution in [0.15, 0.2) is 194 Å². The van der Waals surface area contributed by atoms with Crippen molar-refractivity contribution in [2.75, 3.05) is 0 Å². The number of nitrogens with one attached hydrogen (secondary N) is 1. The van der Waals surface area contributed by atoms with Crippen LogP contribution in [-0.2, 0) is 10.8 Å². The first-order valence-corrected chi connectivity index (χ1v) is 20.5. The van der Waals surface area contributed by atoms with Gasteiger partial charge in [-0.25, -0.2) is 0 Å². The maximum absolute atomic E-state index is 4.07. The summed E-state index contributed by atoms with van der Waals surface area (Å²) >= 11 is 0. The van der Waals surface area contributed by atoms with Gasteiger partial charge in [0.15, 0.2) is 0 Å². The van der Waals surface area contributed by atoms with Crippen molar-refractivity contribution in [3.63, 3.8) is 0 Å². The summed E-state index contributed by atoms with van der Waals surface area (Å²) in [6.45, 7) is 7.12. The van der Waals surface area contributed by atoms with E-state index in [4.69, 9.17) is 0 Å². The molecule has 57 heavy (non-hydrogen) atoms. The van der Waals surface area contributed by atoms with Crippen molar-refractivity contribution >= 4 is 48.7 Å². The summed E-state index contributed by atoms with van der Waals surface area (Å²) in [4.78, 5) is 0. The predicted molar refractivity (Wildman–Crippen MR) is 243 cm³/mol. The topological polar surface area (TPSA) is 12.0 Å². The number of allylic oxidation sites excluding steroid dienone is 5. The summed E-state index contributed by atoms with van der Waals surface area (Å²) in [6, 6.07) is 56.7. The van der Waals surface area contributed by atoms with E-state index in [0.29, 0.717) is 0 Å². The highest BCUT2D eigenvalue weighted by Gasteiger charge is 2.36. The van der Waals surface area contributed by atoms with Crippen molar-refractivity contribution in [3.05, 3.63) is 222 Å². The van der Waals surface area contributed by atoms with Crippen molar-refractivity contribution in [3.8, 4) is 11.1 Å². The lowest BCUT2D eigenvalue weighted by Crippen LogP contribution is -2.35. The van der Waals surface area contributed by atoms with Crippen LogP contribution in [0.3, 0.4) is 0 Å². The lowest BCUT2D eigenvalue weighted by atomic mass is 9.74. The van der Waals surface area contributed by atoms with Gasteiger partial charge >= 0.3 is 0 Å². The molecule has 8 aromatic carbocycles. The Labute approximate surface area is 335 Å². The third kappa shape index (κ3) is 5.44. The third-order valence-corrected chi connectivity index (χ3v) is 13.4. The van der Waals surface area contributed by atoms with Crippen molar-refractivity contribution in [1.82, 2.24) is 5.32 Å². The van der Waals surface area contributed by atoms with E-state index in [-0.39, 0.29) is 22.8 Å². The van der Waals surface area contributed by atoms with Crippen LogP contribution >= 0.6 is 0 Å². The summed E-state index contributed by atoms with van der Waals surface area (Å²) in [5, 5.41) is 14.4. The molecule has 274 valence electrons. The van der Waals surface area contributed by atoms with Gasteiger partial charge in [-0.3, -0.25) is 0 Å². The molecule has 3 unspecified atom stereocenters. The van der Waals surface area contributed by atoms with Gasteiger partial charge in [0.05, 0.1) is 6.04 Å². The fourth-order valence-electron chi connectivity index (χ4n) is 10.3. The molecule has 3 atom stereocenters. The van der Waals surface area contributed by atoms with Crippen LogP contribution < -0.4 is 5.32 Å². The predicted octanol–water partition coefficient (Wildman–Crippen LogP) is 14.1. The maximum Gasteiger partial charge on any atom is 0.0551 e. The number of rotatable bonds is 5. The van der Waals surface area contributed by atoms with Crippen molar-refractivity contribution in [2.24, 2.45) is 0 Å². The molecule has 8 aromatic rings. The fourth-order valence-corrected chi connectivity index (χ4v) is 10.3. The molecule has 0 bridgehead atoms. The third-order valence-electron chi connectivity index (χ3n) is 13.4. The Bertz CT molecular complexity index is 3070. The number of benzene rings is 8. The summed E-state index contributed by atoms with van der Waals surface area (Å²) < 4.78 is 0. The number of hydrogen-bond acceptors (Lipinski definition) is 1. The van der Waals surface area contributed by atoms with Gasteiger partial charge in [-0.2, -0.15) is 0 Å². The lowest BCUT2D eigenvalue weighted by molar-refractivity contribution is 0.566. The number of hydrogen-bond donors (Lipinski definition) is 1. The van der Waals surface area contributed by atoms with E-state index in [2.05, 4.69) is 214 Å². The van der Waals surface area contributed by atoms with Gasteiger partial charge in [0.1, 0.15) is 0 Å². The van der Waals surface area contributed by atoms with E-state index >= 15 is 0 Å². The SMILES string of the molecule is CC1(c2cccc3ccccc23)C=C(NC2C=CC(c3ccc4ccc5c6ccccc6ccc5c4c3)=CC2c2ccc3c(c2)-c2ccccc2C3(C)C)C=CC1. The summed E-state index contributed by atoms with van der Waals surface area (Å²) in [5.74, 6) is 0.110. The van der Waals surface area contributed by atoms with E-state index in [1.54, 1.807) is 0 Å². The van der Waals surface area contributed by atoms with Gasteiger partial charge in [0, 0.05) is 22.4 Å². The molecular weight excluding hydrogens is 687 g/mol. The minimum atomic E-state index is -0.130. The zero-order chi connectivity index (χ0) is 38.3. The molecule has 11 rings (SSSR count). The second kappa shape index (κ2) is 12.8. The van der Waals surface area contributed by atoms with Gasteiger partial charge < -0.3 is 5.32 Å². The molecule has 0 fully saturated rings. The molecule has 0 saturated heterocycles. The lowest BCUT2D eigenvalue weighted by Gasteiger charge is -2.34. The van der Waals surface area contributed by atoms with Gasteiger partial charge in [-0.1, -0.05) is 197 Å². The first kappa shape index (κ1) is 33.9. The maximum atomic E-state index is 4.07. The highest BCUT2D eigenvalue weighted by molar-refractivity contribution is 6.17. The van der Waals surface area contributed by atoms with Crippen LogP contribution in [0.4, 0.5) is 0 Å². The number of fused-ring (bicyclic) bond motifs is 9. The molecule has 0 heterocycles. The summed E-state index contributed by atoms with van der Waals surface area (Å²) in [5.41, 5.74) is 11.8. The van der Waals surface area contributed by atoms with Crippen LogP contribution in [-0.4, -0.2) is 6.04 Å². The van der Waals surface area contributed by atoms with Crippen LogP contribution in [0.2, 0.25) is 0 Å². The van der Waals surface area contributed by atoms with Crippen LogP contribution in [0.1, 0.15) is 60.9 Å². The molecule has 0 radical (unpaired) electrons. The Balaban J connectivity index is 1.02. The summed E-state index contributed by atoms with van der Waals surface area (Å²) in [7, 11) is 0. The summed E-state index contributed by atoms with van der Waals surface area (Å²) in [6.07, 6.45) is 15.3. The smallest absolute Gasteiger partial charge is 0.0551 e. The Morgan fingerprint density at radius 2 is 1.19 bits per heavy atom. The molecule has 0 aromatic heterocycles. The second-order valence-corrected chi connectivity index (χ2v) is 17.2. The van der Waals surface area contributed by atoms with E-state index < -0.39 is 0 Å². The Morgan fingerprint density at radius 1 is 0.526 bits per heavy atom. The minimum absolute atomic E-state index is 0.0292. The molecule has 3 aliphatic rings. The quantitative estimate of drug-likeness (QED) is 0.174. The molecule has 1 heteroatoms. The molecular formula is C56H45N. The molecule has 0 amide bonds. The molecule has 0 spiro atoms. The fraction of sp³-hybridized carbons (Fsp3) is 0.143. The Hall–Kier alpha value is -6.44. The molecule has 1 nitrogen and oxygen atoms in total. The first-order valence-electron chi connectivity index (χ1n) is 20.5. The molecule has 3 aliphatic carbocycles. The zero-order valence-corrected chi connectivity index (χ0v) is 32.8. The van der Waals surface area contributed by atoms with Crippen molar-refractivity contribution < 1.29 is 0 Å². The largest absolute Gasteiger partial charge is 0.378 e. The van der Waals surface area contributed by atoms with E-state index in [1.165, 1.54) is 93.3 Å². The molecule has 1 N–H and O–H groups in total. The van der Waals surface area contributed by atoms with Gasteiger partial charge in [-0.05, 0) is 106 Å². The van der Waals surface area contributed by atoms with Crippen LogP contribution in [0, 0.1) is 0 Å². The standard InChI is InChI=1S/C56H45N/c1-55(2)51-19-9-8-18-47(51)50-34-41(25-29-52(50)55)49-33-40(39-22-21-38-24-27-45-43-16-6-4-13-37(43)23-28-46(45)48(38)32-39)26-30-54(49)57-42-15-11-31-56(3,35-42)53-20-10-14-36-12-5-7-17-44(36)53/h4-30,32-35,49,54,57H,31H2,1-3H3. The second-order valence-electron chi connectivity index (χ2n) is 17.2. The van der Waals surface area contributed by atoms with E-state index in [9.17, 15) is 0 Å². The molecule has 0 saturated carbocycles. The average Bonchev–Trinajstić information content (AvgIpc) is 3.48. The Morgan fingerprint density at radius 3 is 2.05 bits per heavy atom. The monoisotopic (exact) mass is 731 g/mol. The van der Waals surface area contributed by atoms with Gasteiger partial charge in [0.2, 0.25) is 0 Å². The normalized spacial score (nSPS) is 20.8. The van der Waals surface area contributed by atoms with Gasteiger partial charge in [0.25, 0.3) is 0 Å². The highest BCUT2D eigenvalue weighted by atomic mass is 14.9. The molecule has 0 aliphatic heterocycles. The average molecular weight is 732 g/mol. The minimum Gasteiger partial charge on any atom is -0.378 e. The van der Waals surface area contributed by atoms with Crippen molar-refractivity contribution in [1.29, 1.82) is 0 Å². The zero-order valence-electron chi connectivity index (χ0n) is 32.8. The van der Waals surface area contributed by atoms with E-state index in [1.807, 2.05) is 0 Å². The van der Waals surface area contributed by atoms with Gasteiger partial charge in [-0.15, -0.1) is 0 Å². The van der Waals surface area contributed by atoms with Crippen LogP contribution in [0.25, 0.3) is 59.8 Å². The Kier molecular flexibility index (Phi) is 7.60. The highest BCUT2D eigenvalue weighted by Crippen LogP contribution is 2.50. The van der Waals surface area contributed by atoms with E-state index in [0.717, 1.165) is 6.42 Å². The van der Waals surface area contributed by atoms with Crippen molar-refractivity contribution in [2.45, 2.75) is 50.0 Å². The first-order chi connectivity index (χ1) is 27.8. The van der Waals surface area contributed by atoms with Crippen LogP contribution in [0.5, 0.6) is 0 Å².